The van der Waals surface area contributed by atoms with Crippen LogP contribution in [0.4, 0.5) is 0 Å². The fraction of sp³-hybridized carbons (Fsp3) is 0.235. The first-order chi connectivity index (χ1) is 10.6. The van der Waals surface area contributed by atoms with E-state index in [1.54, 1.807) is 13.0 Å². The molecule has 0 bridgehead atoms. The number of benzene rings is 1. The highest BCUT2D eigenvalue weighted by Gasteiger charge is 2.20. The number of pyridine rings is 1. The number of rotatable bonds is 6. The Labute approximate surface area is 134 Å². The summed E-state index contributed by atoms with van der Waals surface area (Å²) in [5.41, 5.74) is 1.17. The molecule has 22 heavy (non-hydrogen) atoms. The Morgan fingerprint density at radius 3 is 2.64 bits per heavy atom. The molecule has 0 unspecified atom stereocenters. The van der Waals surface area contributed by atoms with E-state index in [0.717, 1.165) is 5.56 Å². The van der Waals surface area contributed by atoms with Crippen molar-refractivity contribution in [3.63, 3.8) is 0 Å². The molecule has 0 amide bonds. The van der Waals surface area contributed by atoms with Crippen LogP contribution in [0.25, 0.3) is 0 Å². The van der Waals surface area contributed by atoms with Crippen molar-refractivity contribution in [2.45, 2.75) is 20.0 Å². The van der Waals surface area contributed by atoms with E-state index in [-0.39, 0.29) is 24.5 Å². The summed E-state index contributed by atoms with van der Waals surface area (Å²) in [5.74, 6) is -1.14. The molecule has 0 saturated heterocycles. The summed E-state index contributed by atoms with van der Waals surface area (Å²) >= 11 is 5.83. The van der Waals surface area contributed by atoms with E-state index in [1.807, 2.05) is 30.3 Å². The molecule has 0 aliphatic rings. The molecule has 1 atom stereocenters. The topological polar surface area (TPSA) is 56.3 Å². The minimum absolute atomic E-state index is 0.0138. The van der Waals surface area contributed by atoms with Gasteiger partial charge in [0.05, 0.1) is 6.42 Å². The largest absolute Gasteiger partial charge is 0.461 e. The molecule has 0 radical (unpaired) electrons. The second kappa shape index (κ2) is 7.71. The molecule has 2 aromatic rings. The zero-order valence-corrected chi connectivity index (χ0v) is 12.9. The lowest BCUT2D eigenvalue weighted by Crippen LogP contribution is -2.18. The molecule has 2 rings (SSSR count). The van der Waals surface area contributed by atoms with Crippen molar-refractivity contribution in [2.24, 2.45) is 5.92 Å². The first kappa shape index (κ1) is 16.2. The highest BCUT2D eigenvalue weighted by atomic mass is 35.5. The van der Waals surface area contributed by atoms with Crippen LogP contribution in [0.5, 0.6) is 0 Å². The van der Waals surface area contributed by atoms with Crippen LogP contribution in [0.15, 0.2) is 48.7 Å². The summed E-state index contributed by atoms with van der Waals surface area (Å²) < 4.78 is 5.17. The lowest BCUT2D eigenvalue weighted by molar-refractivity contribution is -0.145. The Morgan fingerprint density at radius 2 is 1.95 bits per heavy atom. The SMILES string of the molecule is C[C@H](CC(=O)OCc1ccccc1)C(=O)c1cc(Cl)ccn1. The third kappa shape index (κ3) is 4.67. The molecule has 0 fully saturated rings. The summed E-state index contributed by atoms with van der Waals surface area (Å²) in [6.07, 6.45) is 1.48. The van der Waals surface area contributed by atoms with Gasteiger partial charge >= 0.3 is 5.97 Å². The Kier molecular flexibility index (Phi) is 5.67. The fourth-order valence-electron chi connectivity index (χ4n) is 1.93. The number of esters is 1. The van der Waals surface area contributed by atoms with E-state index in [1.165, 1.54) is 12.3 Å². The number of ketones is 1. The van der Waals surface area contributed by atoms with Crippen molar-refractivity contribution in [3.05, 3.63) is 64.9 Å². The number of hydrogen-bond acceptors (Lipinski definition) is 4. The molecule has 0 aliphatic carbocycles. The zero-order valence-electron chi connectivity index (χ0n) is 12.2. The second-order valence-electron chi connectivity index (χ2n) is 4.98. The third-order valence-electron chi connectivity index (χ3n) is 3.14. The maximum Gasteiger partial charge on any atom is 0.306 e. The summed E-state index contributed by atoms with van der Waals surface area (Å²) in [6, 6.07) is 12.5. The van der Waals surface area contributed by atoms with E-state index in [2.05, 4.69) is 4.98 Å². The highest BCUT2D eigenvalue weighted by Crippen LogP contribution is 2.15. The smallest absolute Gasteiger partial charge is 0.306 e. The van der Waals surface area contributed by atoms with Crippen molar-refractivity contribution >= 4 is 23.4 Å². The van der Waals surface area contributed by atoms with Crippen molar-refractivity contribution in [2.75, 3.05) is 0 Å². The number of carbonyl (C=O) groups is 2. The van der Waals surface area contributed by atoms with Crippen molar-refractivity contribution in [1.82, 2.24) is 4.98 Å². The number of hydrogen-bond donors (Lipinski definition) is 0. The van der Waals surface area contributed by atoms with Gasteiger partial charge in [0.25, 0.3) is 0 Å². The number of carbonyl (C=O) groups excluding carboxylic acids is 2. The number of aromatic nitrogens is 1. The third-order valence-corrected chi connectivity index (χ3v) is 3.37. The predicted molar refractivity (Wildman–Crippen MR) is 83.6 cm³/mol. The lowest BCUT2D eigenvalue weighted by Gasteiger charge is -2.10. The maximum absolute atomic E-state index is 12.2. The van der Waals surface area contributed by atoms with Crippen LogP contribution in [0.2, 0.25) is 5.02 Å². The van der Waals surface area contributed by atoms with Crippen LogP contribution in [0.1, 0.15) is 29.4 Å². The monoisotopic (exact) mass is 317 g/mol. The first-order valence-corrected chi connectivity index (χ1v) is 7.29. The van der Waals surface area contributed by atoms with Gasteiger partial charge in [-0.1, -0.05) is 48.9 Å². The minimum Gasteiger partial charge on any atom is -0.461 e. The molecule has 1 aromatic carbocycles. The van der Waals surface area contributed by atoms with Crippen molar-refractivity contribution in [1.29, 1.82) is 0 Å². The molecule has 1 heterocycles. The molecule has 114 valence electrons. The highest BCUT2D eigenvalue weighted by molar-refractivity contribution is 6.30. The van der Waals surface area contributed by atoms with Gasteiger partial charge in [0.15, 0.2) is 5.78 Å². The lowest BCUT2D eigenvalue weighted by atomic mass is 10.00. The van der Waals surface area contributed by atoms with Gasteiger partial charge in [0, 0.05) is 17.1 Å². The van der Waals surface area contributed by atoms with Gasteiger partial charge in [-0.15, -0.1) is 0 Å². The summed E-state index contributed by atoms with van der Waals surface area (Å²) in [4.78, 5) is 28.0. The van der Waals surface area contributed by atoms with Crippen LogP contribution in [0.3, 0.4) is 0 Å². The Morgan fingerprint density at radius 1 is 1.23 bits per heavy atom. The Balaban J connectivity index is 1.87. The fourth-order valence-corrected chi connectivity index (χ4v) is 2.09. The van der Waals surface area contributed by atoms with E-state index < -0.39 is 11.9 Å². The first-order valence-electron chi connectivity index (χ1n) is 6.91. The van der Waals surface area contributed by atoms with Gasteiger partial charge in [-0.05, 0) is 17.7 Å². The average molecular weight is 318 g/mol. The molecule has 0 spiro atoms. The minimum atomic E-state index is -0.505. The van der Waals surface area contributed by atoms with Crippen LogP contribution in [-0.2, 0) is 16.1 Å². The van der Waals surface area contributed by atoms with Crippen LogP contribution < -0.4 is 0 Å². The molecule has 0 saturated carbocycles. The predicted octanol–water partition coefficient (Wildman–Crippen LogP) is 3.69. The quantitative estimate of drug-likeness (QED) is 0.602. The van der Waals surface area contributed by atoms with E-state index in [0.29, 0.717) is 5.02 Å². The maximum atomic E-state index is 12.2. The van der Waals surface area contributed by atoms with Crippen molar-refractivity contribution < 1.29 is 14.3 Å². The van der Waals surface area contributed by atoms with Gasteiger partial charge in [-0.2, -0.15) is 0 Å². The van der Waals surface area contributed by atoms with E-state index in [9.17, 15) is 9.59 Å². The van der Waals surface area contributed by atoms with Gasteiger partial charge in [-0.25, -0.2) is 0 Å². The molecule has 0 aliphatic heterocycles. The Hall–Kier alpha value is -2.20. The zero-order chi connectivity index (χ0) is 15.9. The van der Waals surface area contributed by atoms with Crippen LogP contribution in [0, 0.1) is 5.92 Å². The van der Waals surface area contributed by atoms with Crippen LogP contribution >= 0.6 is 11.6 Å². The molecule has 4 nitrogen and oxygen atoms in total. The summed E-state index contributed by atoms with van der Waals surface area (Å²) in [6.45, 7) is 1.88. The van der Waals surface area contributed by atoms with Gasteiger partial charge < -0.3 is 4.74 Å². The molecule has 0 N–H and O–H groups in total. The second-order valence-corrected chi connectivity index (χ2v) is 5.41. The molecule has 1 aromatic heterocycles. The molecular weight excluding hydrogens is 302 g/mol. The standard InChI is InChI=1S/C17H16ClNO3/c1-12(17(21)15-10-14(18)7-8-19-15)9-16(20)22-11-13-5-3-2-4-6-13/h2-8,10,12H,9,11H2,1H3/t12-/m1/s1. The Bertz CT molecular complexity index is 658. The van der Waals surface area contributed by atoms with Gasteiger partial charge in [0.2, 0.25) is 0 Å². The number of ether oxygens (including phenoxy) is 1. The average Bonchev–Trinajstić information content (AvgIpc) is 2.53. The van der Waals surface area contributed by atoms with Crippen molar-refractivity contribution in [3.8, 4) is 0 Å². The number of halogens is 1. The van der Waals surface area contributed by atoms with E-state index >= 15 is 0 Å². The number of Topliss-reactive ketones (excluding diaryl/α,β-unsaturated/α-hetero) is 1. The van der Waals surface area contributed by atoms with E-state index in [4.69, 9.17) is 16.3 Å². The van der Waals surface area contributed by atoms with Gasteiger partial charge in [0.1, 0.15) is 12.3 Å². The number of nitrogens with zero attached hydrogens (tertiary/aromatic N) is 1. The van der Waals surface area contributed by atoms with Crippen LogP contribution in [-0.4, -0.2) is 16.7 Å². The molecular formula is C17H16ClNO3. The van der Waals surface area contributed by atoms with Gasteiger partial charge in [-0.3, -0.25) is 14.6 Å². The molecule has 5 heteroatoms. The normalized spacial score (nSPS) is 11.7. The summed E-state index contributed by atoms with van der Waals surface area (Å²) in [5, 5.41) is 0.442. The summed E-state index contributed by atoms with van der Waals surface area (Å²) in [7, 11) is 0.